The van der Waals surface area contributed by atoms with Crippen LogP contribution >= 0.6 is 0 Å². The van der Waals surface area contributed by atoms with E-state index in [9.17, 15) is 5.11 Å². The topological polar surface area (TPSA) is 66.1 Å². The molecule has 26 heavy (non-hydrogen) atoms. The van der Waals surface area contributed by atoms with E-state index >= 15 is 0 Å². The quantitative estimate of drug-likeness (QED) is 0.760. The number of ether oxygens (including phenoxy) is 1. The van der Waals surface area contributed by atoms with Gasteiger partial charge < -0.3 is 9.84 Å². The van der Waals surface area contributed by atoms with Crippen LogP contribution < -0.4 is 5.01 Å². The lowest BCUT2D eigenvalue weighted by molar-refractivity contribution is 0.0311. The summed E-state index contributed by atoms with van der Waals surface area (Å²) in [6.07, 6.45) is 2.82. The van der Waals surface area contributed by atoms with Gasteiger partial charge in [-0.05, 0) is 30.7 Å². The number of fused-ring (bicyclic) bond motifs is 1. The van der Waals surface area contributed by atoms with Gasteiger partial charge in [0.25, 0.3) is 0 Å². The number of rotatable bonds is 5. The summed E-state index contributed by atoms with van der Waals surface area (Å²) in [5.41, 5.74) is 2.53. The lowest BCUT2D eigenvalue weighted by atomic mass is 10.1. The Labute approximate surface area is 152 Å². The number of phenolic OH excluding ortho intramolecular Hbond substituents is 1. The van der Waals surface area contributed by atoms with Crippen molar-refractivity contribution in [2.24, 2.45) is 0 Å². The van der Waals surface area contributed by atoms with Crippen molar-refractivity contribution < 1.29 is 9.84 Å². The molecule has 0 unspecified atom stereocenters. The van der Waals surface area contributed by atoms with Crippen LogP contribution in [0.25, 0.3) is 16.9 Å². The molecule has 0 spiro atoms. The summed E-state index contributed by atoms with van der Waals surface area (Å²) in [5.74, 6) is 1.12. The number of morpholine rings is 1. The molecule has 2 aromatic heterocycles. The lowest BCUT2D eigenvalue weighted by Crippen LogP contribution is -2.49. The van der Waals surface area contributed by atoms with Gasteiger partial charge in [0, 0.05) is 25.2 Å². The third-order valence-electron chi connectivity index (χ3n) is 4.52. The Bertz CT molecular complexity index is 889. The number of hydrogen-bond donors (Lipinski definition) is 1. The molecule has 0 saturated carbocycles. The number of benzene rings is 1. The van der Waals surface area contributed by atoms with Gasteiger partial charge in [0.05, 0.1) is 25.1 Å². The lowest BCUT2D eigenvalue weighted by Gasteiger charge is -2.37. The summed E-state index contributed by atoms with van der Waals surface area (Å²) in [7, 11) is 0. The number of nitrogens with zero attached hydrogens (tertiary/aromatic N) is 5. The standard InChI is InChI=1S/C19H23N5O2/c1-2-8-23(22-9-11-26-12-10-22)19-7-6-18-20-14-17(24(18)21-19)15-4-3-5-16(25)13-15/h3-7,13-14,25H,2,8-12H2,1H3. The van der Waals surface area contributed by atoms with Crippen molar-refractivity contribution in [3.05, 3.63) is 42.6 Å². The normalized spacial score (nSPS) is 15.4. The smallest absolute Gasteiger partial charge is 0.164 e. The van der Waals surface area contributed by atoms with Crippen molar-refractivity contribution in [2.75, 3.05) is 37.9 Å². The van der Waals surface area contributed by atoms with Gasteiger partial charge >= 0.3 is 0 Å². The molecular formula is C19H23N5O2. The van der Waals surface area contributed by atoms with Crippen LogP contribution in [0.1, 0.15) is 13.3 Å². The van der Waals surface area contributed by atoms with Crippen LogP contribution in [0.4, 0.5) is 5.82 Å². The first-order chi connectivity index (χ1) is 12.8. The number of phenols is 1. The van der Waals surface area contributed by atoms with E-state index in [4.69, 9.17) is 9.84 Å². The highest BCUT2D eigenvalue weighted by Gasteiger charge is 2.20. The summed E-state index contributed by atoms with van der Waals surface area (Å²) in [5, 5.41) is 19.2. The van der Waals surface area contributed by atoms with E-state index in [1.165, 1.54) is 0 Å². The number of aromatic nitrogens is 3. The SMILES string of the molecule is CCCN(c1ccc2ncc(-c3cccc(O)c3)n2n1)N1CCOCC1. The Kier molecular flexibility index (Phi) is 4.73. The minimum absolute atomic E-state index is 0.231. The van der Waals surface area contributed by atoms with Crippen molar-refractivity contribution in [1.29, 1.82) is 0 Å². The van der Waals surface area contributed by atoms with Crippen LogP contribution in [0, 0.1) is 0 Å². The van der Waals surface area contributed by atoms with Crippen LogP contribution in [-0.4, -0.2) is 57.6 Å². The van der Waals surface area contributed by atoms with Crippen LogP contribution in [0.5, 0.6) is 5.75 Å². The fourth-order valence-corrected chi connectivity index (χ4v) is 3.27. The molecule has 1 aliphatic rings. The number of anilines is 1. The zero-order valence-corrected chi connectivity index (χ0v) is 14.9. The van der Waals surface area contributed by atoms with Crippen LogP contribution in [0.3, 0.4) is 0 Å². The molecule has 0 amide bonds. The first-order valence-corrected chi connectivity index (χ1v) is 9.00. The molecule has 136 valence electrons. The van der Waals surface area contributed by atoms with Crippen LogP contribution in [-0.2, 0) is 4.74 Å². The molecule has 1 saturated heterocycles. The third kappa shape index (κ3) is 3.23. The monoisotopic (exact) mass is 353 g/mol. The third-order valence-corrected chi connectivity index (χ3v) is 4.52. The highest BCUT2D eigenvalue weighted by molar-refractivity contribution is 5.65. The molecule has 1 aliphatic heterocycles. The van der Waals surface area contributed by atoms with E-state index in [1.54, 1.807) is 18.3 Å². The van der Waals surface area contributed by atoms with Gasteiger partial charge in [0.2, 0.25) is 0 Å². The van der Waals surface area contributed by atoms with Gasteiger partial charge in [0.15, 0.2) is 11.5 Å². The minimum atomic E-state index is 0.231. The van der Waals surface area contributed by atoms with Crippen molar-refractivity contribution in [1.82, 2.24) is 19.6 Å². The van der Waals surface area contributed by atoms with Crippen molar-refractivity contribution >= 4 is 11.5 Å². The molecule has 1 fully saturated rings. The largest absolute Gasteiger partial charge is 0.508 e. The number of hydrazine groups is 1. The van der Waals surface area contributed by atoms with E-state index in [-0.39, 0.29) is 5.75 Å². The average molecular weight is 353 g/mol. The highest BCUT2D eigenvalue weighted by atomic mass is 16.5. The zero-order valence-electron chi connectivity index (χ0n) is 14.9. The Balaban J connectivity index is 1.74. The molecule has 0 bridgehead atoms. The maximum Gasteiger partial charge on any atom is 0.164 e. The molecule has 0 radical (unpaired) electrons. The minimum Gasteiger partial charge on any atom is -0.508 e. The molecule has 7 nitrogen and oxygen atoms in total. The molecule has 0 aliphatic carbocycles. The summed E-state index contributed by atoms with van der Waals surface area (Å²) in [6.45, 7) is 6.27. The maximum absolute atomic E-state index is 9.79. The number of imidazole rings is 1. The van der Waals surface area contributed by atoms with Crippen LogP contribution in [0.15, 0.2) is 42.6 Å². The van der Waals surface area contributed by atoms with E-state index in [2.05, 4.69) is 21.9 Å². The van der Waals surface area contributed by atoms with E-state index in [0.717, 1.165) is 62.0 Å². The van der Waals surface area contributed by atoms with Gasteiger partial charge in [-0.1, -0.05) is 19.1 Å². The fourth-order valence-electron chi connectivity index (χ4n) is 3.27. The van der Waals surface area contributed by atoms with Crippen molar-refractivity contribution in [2.45, 2.75) is 13.3 Å². The van der Waals surface area contributed by atoms with Gasteiger partial charge in [-0.15, -0.1) is 5.10 Å². The Morgan fingerprint density at radius 1 is 1.19 bits per heavy atom. The molecule has 4 rings (SSSR count). The molecular weight excluding hydrogens is 330 g/mol. The maximum atomic E-state index is 9.79. The molecule has 0 atom stereocenters. The Morgan fingerprint density at radius 2 is 2.04 bits per heavy atom. The molecule has 1 aromatic carbocycles. The Hall–Kier alpha value is -2.64. The predicted molar refractivity (Wildman–Crippen MR) is 100 cm³/mol. The molecule has 1 N–H and O–H groups in total. The Morgan fingerprint density at radius 3 is 2.81 bits per heavy atom. The van der Waals surface area contributed by atoms with Gasteiger partial charge in [-0.3, -0.25) is 5.01 Å². The van der Waals surface area contributed by atoms with E-state index < -0.39 is 0 Å². The summed E-state index contributed by atoms with van der Waals surface area (Å²) in [6, 6.07) is 11.2. The zero-order chi connectivity index (χ0) is 17.9. The predicted octanol–water partition coefficient (Wildman–Crippen LogP) is 2.57. The van der Waals surface area contributed by atoms with E-state index in [0.29, 0.717) is 0 Å². The highest BCUT2D eigenvalue weighted by Crippen LogP contribution is 2.25. The van der Waals surface area contributed by atoms with Crippen molar-refractivity contribution in [3.8, 4) is 17.0 Å². The summed E-state index contributed by atoms with van der Waals surface area (Å²) < 4.78 is 7.32. The second-order valence-electron chi connectivity index (χ2n) is 6.34. The van der Waals surface area contributed by atoms with Gasteiger partial charge in [0.1, 0.15) is 5.75 Å². The first kappa shape index (κ1) is 16.8. The van der Waals surface area contributed by atoms with Crippen molar-refractivity contribution in [3.63, 3.8) is 0 Å². The van der Waals surface area contributed by atoms with E-state index in [1.807, 2.05) is 28.8 Å². The van der Waals surface area contributed by atoms with Gasteiger partial charge in [-0.2, -0.15) is 0 Å². The van der Waals surface area contributed by atoms with Crippen LogP contribution in [0.2, 0.25) is 0 Å². The first-order valence-electron chi connectivity index (χ1n) is 9.00. The summed E-state index contributed by atoms with van der Waals surface area (Å²) in [4.78, 5) is 4.45. The average Bonchev–Trinajstić information content (AvgIpc) is 3.10. The number of aromatic hydroxyl groups is 1. The fraction of sp³-hybridized carbons (Fsp3) is 0.368. The summed E-state index contributed by atoms with van der Waals surface area (Å²) >= 11 is 0. The van der Waals surface area contributed by atoms with Gasteiger partial charge in [-0.25, -0.2) is 14.5 Å². The molecule has 3 aromatic rings. The number of hydrogen-bond acceptors (Lipinski definition) is 6. The second kappa shape index (κ2) is 7.31. The second-order valence-corrected chi connectivity index (χ2v) is 6.34. The molecule has 3 heterocycles. The molecule has 7 heteroatoms.